The van der Waals surface area contributed by atoms with E-state index in [0.717, 1.165) is 10.5 Å². The van der Waals surface area contributed by atoms with Crippen molar-refractivity contribution in [1.29, 1.82) is 0 Å². The largest absolute Gasteiger partial charge is 0.339 e. The standard InChI is InChI=1S/C24H27FN4O3/c1-17-7-9-19(10-8-17)24(2)22(31)29(23(32)26-24)16-21(30)28-13-11-27(12-14-28)15-18-5-3-4-6-20(18)25/h3-10H,11-16H2,1-2H3,(H,26,32)/t24-/m1/s1. The molecular weight excluding hydrogens is 411 g/mol. The average molecular weight is 439 g/mol. The average Bonchev–Trinajstić information content (AvgIpc) is 3.00. The highest BCUT2D eigenvalue weighted by Crippen LogP contribution is 2.29. The number of urea groups is 1. The summed E-state index contributed by atoms with van der Waals surface area (Å²) in [7, 11) is 0. The Hall–Kier alpha value is -3.26. The summed E-state index contributed by atoms with van der Waals surface area (Å²) in [6.07, 6.45) is 0. The zero-order valence-electron chi connectivity index (χ0n) is 18.3. The molecule has 0 spiro atoms. The number of rotatable bonds is 5. The molecule has 1 atom stereocenters. The second-order valence-electron chi connectivity index (χ2n) is 8.56. The van der Waals surface area contributed by atoms with E-state index in [0.29, 0.717) is 43.9 Å². The Labute approximate surface area is 186 Å². The Morgan fingerprint density at radius 3 is 2.34 bits per heavy atom. The van der Waals surface area contributed by atoms with E-state index in [9.17, 15) is 18.8 Å². The van der Waals surface area contributed by atoms with Gasteiger partial charge in [0.2, 0.25) is 5.91 Å². The second kappa shape index (κ2) is 8.70. The van der Waals surface area contributed by atoms with Crippen LogP contribution >= 0.6 is 0 Å². The van der Waals surface area contributed by atoms with Crippen LogP contribution in [0.25, 0.3) is 0 Å². The molecule has 2 aliphatic rings. The van der Waals surface area contributed by atoms with E-state index in [1.807, 2.05) is 31.2 Å². The minimum absolute atomic E-state index is 0.235. The van der Waals surface area contributed by atoms with Gasteiger partial charge in [-0.3, -0.25) is 19.4 Å². The molecule has 0 unspecified atom stereocenters. The third kappa shape index (κ3) is 4.23. The van der Waals surface area contributed by atoms with Gasteiger partial charge >= 0.3 is 6.03 Å². The number of carbonyl (C=O) groups is 3. The number of aryl methyl sites for hydroxylation is 1. The maximum absolute atomic E-state index is 13.9. The quantitative estimate of drug-likeness (QED) is 0.727. The smallest absolute Gasteiger partial charge is 0.325 e. The lowest BCUT2D eigenvalue weighted by Crippen LogP contribution is -2.51. The number of hydrogen-bond donors (Lipinski definition) is 1. The van der Waals surface area contributed by atoms with Gasteiger partial charge in [0.25, 0.3) is 5.91 Å². The Kier molecular flexibility index (Phi) is 5.97. The van der Waals surface area contributed by atoms with Gasteiger partial charge in [0, 0.05) is 38.3 Å². The molecule has 0 bridgehead atoms. The highest BCUT2D eigenvalue weighted by Gasteiger charge is 2.49. The number of halogens is 1. The minimum Gasteiger partial charge on any atom is -0.339 e. The lowest BCUT2D eigenvalue weighted by Gasteiger charge is -2.35. The Bertz CT molecular complexity index is 1030. The molecule has 2 aromatic carbocycles. The maximum Gasteiger partial charge on any atom is 0.325 e. The number of amides is 4. The topological polar surface area (TPSA) is 73.0 Å². The molecule has 2 heterocycles. The van der Waals surface area contributed by atoms with Crippen molar-refractivity contribution in [2.24, 2.45) is 0 Å². The molecule has 32 heavy (non-hydrogen) atoms. The number of benzene rings is 2. The van der Waals surface area contributed by atoms with E-state index in [1.165, 1.54) is 6.07 Å². The summed E-state index contributed by atoms with van der Waals surface area (Å²) in [5.41, 5.74) is 1.17. The molecule has 2 aliphatic heterocycles. The van der Waals surface area contributed by atoms with Crippen LogP contribution in [-0.4, -0.2) is 65.3 Å². The van der Waals surface area contributed by atoms with Crippen molar-refractivity contribution in [2.45, 2.75) is 25.9 Å². The predicted octanol–water partition coefficient (Wildman–Crippen LogP) is 2.25. The molecule has 2 aromatic rings. The number of nitrogens with zero attached hydrogens (tertiary/aromatic N) is 3. The molecular formula is C24H27FN4O3. The SMILES string of the molecule is Cc1ccc([C@@]2(C)NC(=O)N(CC(=O)N3CCN(Cc4ccccc4F)CC3)C2=O)cc1. The molecule has 0 saturated carbocycles. The fourth-order valence-electron chi connectivity index (χ4n) is 4.18. The van der Waals surface area contributed by atoms with Gasteiger partial charge in [0.15, 0.2) is 0 Å². The van der Waals surface area contributed by atoms with Crippen LogP contribution in [0.2, 0.25) is 0 Å². The van der Waals surface area contributed by atoms with Gasteiger partial charge in [0.1, 0.15) is 17.9 Å². The third-order valence-electron chi connectivity index (χ3n) is 6.27. The highest BCUT2D eigenvalue weighted by atomic mass is 19.1. The number of hydrogen-bond acceptors (Lipinski definition) is 4. The molecule has 1 N–H and O–H groups in total. The number of imide groups is 1. The Morgan fingerprint density at radius 1 is 1.03 bits per heavy atom. The van der Waals surface area contributed by atoms with Crippen LogP contribution in [0, 0.1) is 12.7 Å². The van der Waals surface area contributed by atoms with Gasteiger partial charge in [-0.15, -0.1) is 0 Å². The van der Waals surface area contributed by atoms with E-state index < -0.39 is 17.5 Å². The van der Waals surface area contributed by atoms with Crippen LogP contribution in [0.1, 0.15) is 23.6 Å². The van der Waals surface area contributed by atoms with Crippen molar-refractivity contribution < 1.29 is 18.8 Å². The first-order chi connectivity index (χ1) is 15.3. The fraction of sp³-hybridized carbons (Fsp3) is 0.375. The molecule has 0 aliphatic carbocycles. The van der Waals surface area contributed by atoms with Crippen LogP contribution < -0.4 is 5.32 Å². The van der Waals surface area contributed by atoms with Crippen molar-refractivity contribution in [3.63, 3.8) is 0 Å². The number of nitrogens with one attached hydrogen (secondary N) is 1. The van der Waals surface area contributed by atoms with Gasteiger partial charge in [-0.1, -0.05) is 48.0 Å². The van der Waals surface area contributed by atoms with Crippen LogP contribution in [0.15, 0.2) is 48.5 Å². The molecule has 2 saturated heterocycles. The summed E-state index contributed by atoms with van der Waals surface area (Å²) in [5, 5.41) is 2.74. The van der Waals surface area contributed by atoms with Crippen molar-refractivity contribution in [1.82, 2.24) is 20.0 Å². The highest BCUT2D eigenvalue weighted by molar-refractivity contribution is 6.09. The van der Waals surface area contributed by atoms with Crippen molar-refractivity contribution >= 4 is 17.8 Å². The van der Waals surface area contributed by atoms with Crippen molar-refractivity contribution in [3.8, 4) is 0 Å². The summed E-state index contributed by atoms with van der Waals surface area (Å²) < 4.78 is 13.9. The van der Waals surface area contributed by atoms with E-state index in [4.69, 9.17) is 0 Å². The van der Waals surface area contributed by atoms with Gasteiger partial charge in [-0.05, 0) is 25.5 Å². The normalized spacial score (nSPS) is 21.7. The molecule has 7 nitrogen and oxygen atoms in total. The summed E-state index contributed by atoms with van der Waals surface area (Å²) in [6.45, 7) is 5.92. The Morgan fingerprint density at radius 2 is 1.69 bits per heavy atom. The van der Waals surface area contributed by atoms with E-state index in [2.05, 4.69) is 10.2 Å². The van der Waals surface area contributed by atoms with Gasteiger partial charge < -0.3 is 10.2 Å². The van der Waals surface area contributed by atoms with E-state index in [1.54, 1.807) is 30.0 Å². The van der Waals surface area contributed by atoms with Gasteiger partial charge in [0.05, 0.1) is 0 Å². The van der Waals surface area contributed by atoms with E-state index in [-0.39, 0.29) is 18.3 Å². The van der Waals surface area contributed by atoms with Crippen molar-refractivity contribution in [3.05, 3.63) is 71.0 Å². The molecule has 4 rings (SSSR count). The molecule has 168 valence electrons. The van der Waals surface area contributed by atoms with E-state index >= 15 is 0 Å². The zero-order chi connectivity index (χ0) is 22.9. The van der Waals surface area contributed by atoms with Crippen LogP contribution in [0.3, 0.4) is 0 Å². The van der Waals surface area contributed by atoms with Crippen LogP contribution in [0.4, 0.5) is 9.18 Å². The molecule has 8 heteroatoms. The minimum atomic E-state index is -1.19. The number of carbonyl (C=O) groups excluding carboxylic acids is 3. The summed E-state index contributed by atoms with van der Waals surface area (Å²) in [4.78, 5) is 43.1. The zero-order valence-corrected chi connectivity index (χ0v) is 18.3. The number of piperazine rings is 1. The first-order valence-corrected chi connectivity index (χ1v) is 10.7. The van der Waals surface area contributed by atoms with Gasteiger partial charge in [-0.2, -0.15) is 0 Å². The first kappa shape index (κ1) is 22.0. The molecule has 0 radical (unpaired) electrons. The maximum atomic E-state index is 13.9. The van der Waals surface area contributed by atoms with Crippen molar-refractivity contribution in [2.75, 3.05) is 32.7 Å². The summed E-state index contributed by atoms with van der Waals surface area (Å²) in [6, 6.07) is 13.5. The third-order valence-corrected chi connectivity index (χ3v) is 6.27. The summed E-state index contributed by atoms with van der Waals surface area (Å²) >= 11 is 0. The monoisotopic (exact) mass is 438 g/mol. The molecule has 2 fully saturated rings. The second-order valence-corrected chi connectivity index (χ2v) is 8.56. The van der Waals surface area contributed by atoms with Crippen LogP contribution in [0.5, 0.6) is 0 Å². The summed E-state index contributed by atoms with van der Waals surface area (Å²) in [5.74, 6) is -0.939. The molecule has 4 amide bonds. The van der Waals surface area contributed by atoms with Gasteiger partial charge in [-0.25, -0.2) is 9.18 Å². The first-order valence-electron chi connectivity index (χ1n) is 10.7. The van der Waals surface area contributed by atoms with Crippen LogP contribution in [-0.2, 0) is 21.7 Å². The predicted molar refractivity (Wildman–Crippen MR) is 117 cm³/mol. The Balaban J connectivity index is 1.35. The lowest BCUT2D eigenvalue weighted by atomic mass is 9.91. The fourth-order valence-corrected chi connectivity index (χ4v) is 4.18. The lowest BCUT2D eigenvalue weighted by molar-refractivity contribution is -0.140. The molecule has 0 aromatic heterocycles.